The first-order valence-electron chi connectivity index (χ1n) is 3.80. The topological polar surface area (TPSA) is 74.6 Å². The molecule has 0 unspecified atom stereocenters. The third-order valence-corrected chi connectivity index (χ3v) is 1.03. The first-order chi connectivity index (χ1) is 6.66. The summed E-state index contributed by atoms with van der Waals surface area (Å²) in [7, 11) is 0. The lowest BCUT2D eigenvalue weighted by molar-refractivity contribution is -0.134. The van der Waals surface area contributed by atoms with E-state index in [9.17, 15) is 0 Å². The zero-order valence-electron chi connectivity index (χ0n) is 8.01. The molecule has 0 fully saturated rings. The molecule has 0 heterocycles. The van der Waals surface area contributed by atoms with Gasteiger partial charge >= 0.3 is 0 Å². The molecular weight excluding hydrogens is 184 g/mol. The van der Waals surface area contributed by atoms with E-state index < -0.39 is 5.97 Å². The lowest BCUT2D eigenvalue weighted by Crippen LogP contribution is -1.78. The molecule has 14 heavy (non-hydrogen) atoms. The molecule has 0 aromatic heterocycles. The van der Waals surface area contributed by atoms with Crippen LogP contribution in [0.2, 0.25) is 0 Å². The number of hydrogen-bond donors (Lipinski definition) is 2. The second kappa shape index (κ2) is 11.3. The molecule has 1 aromatic rings. The largest absolute Gasteiger partial charge is 0.481 e. The highest BCUT2D eigenvalue weighted by Gasteiger charge is 1.81. The van der Waals surface area contributed by atoms with Crippen molar-refractivity contribution in [2.24, 2.45) is 0 Å². The maximum atomic E-state index is 9.00. The molecule has 78 valence electrons. The van der Waals surface area contributed by atoms with E-state index in [0.717, 1.165) is 12.5 Å². The zero-order valence-corrected chi connectivity index (χ0v) is 8.01. The second-order valence-corrected chi connectivity index (χ2v) is 2.16. The van der Waals surface area contributed by atoms with Crippen molar-refractivity contribution in [1.82, 2.24) is 0 Å². The van der Waals surface area contributed by atoms with Crippen LogP contribution >= 0.6 is 0 Å². The van der Waals surface area contributed by atoms with Gasteiger partial charge in [0.1, 0.15) is 6.79 Å². The molecule has 1 rings (SSSR count). The fourth-order valence-corrected chi connectivity index (χ4v) is 0.583. The fraction of sp³-hybridized carbons (Fsp3) is 0.200. The average Bonchev–Trinajstić information content (AvgIpc) is 2.21. The minimum atomic E-state index is -0.833. The summed E-state index contributed by atoms with van der Waals surface area (Å²) in [6, 6.07) is 9.52. The Hall–Kier alpha value is -1.68. The Balaban J connectivity index is 0. The molecule has 0 aliphatic rings. The molecule has 0 radical (unpaired) electrons. The lowest BCUT2D eigenvalue weighted by atomic mass is 10.2. The van der Waals surface area contributed by atoms with Gasteiger partial charge in [-0.1, -0.05) is 30.3 Å². The summed E-state index contributed by atoms with van der Waals surface area (Å²) >= 11 is 0. The number of carboxylic acid groups (broad SMARTS) is 1. The number of carbonyl (C=O) groups is 2. The molecule has 4 heteroatoms. The van der Waals surface area contributed by atoms with E-state index >= 15 is 0 Å². The van der Waals surface area contributed by atoms with Gasteiger partial charge in [0.25, 0.3) is 5.97 Å². The van der Waals surface area contributed by atoms with Crippen LogP contribution in [0, 0.1) is 0 Å². The van der Waals surface area contributed by atoms with Crippen molar-refractivity contribution in [3.8, 4) is 0 Å². The van der Waals surface area contributed by atoms with Crippen molar-refractivity contribution < 1.29 is 19.8 Å². The SMILES string of the molecule is C=O.CC(=O)O.OCc1ccccc1. The van der Waals surface area contributed by atoms with Crippen LogP contribution in [0.4, 0.5) is 0 Å². The molecule has 0 saturated carbocycles. The van der Waals surface area contributed by atoms with E-state index in [1.807, 2.05) is 37.1 Å². The Morgan fingerprint density at radius 1 is 1.29 bits per heavy atom. The maximum absolute atomic E-state index is 9.00. The van der Waals surface area contributed by atoms with E-state index in [2.05, 4.69) is 0 Å². The summed E-state index contributed by atoms with van der Waals surface area (Å²) in [6.45, 7) is 3.22. The van der Waals surface area contributed by atoms with Crippen LogP contribution in [0.5, 0.6) is 0 Å². The second-order valence-electron chi connectivity index (χ2n) is 2.16. The highest BCUT2D eigenvalue weighted by Crippen LogP contribution is 1.95. The van der Waals surface area contributed by atoms with Crippen LogP contribution in [0.3, 0.4) is 0 Å². The Morgan fingerprint density at radius 2 is 1.64 bits per heavy atom. The van der Waals surface area contributed by atoms with Crippen molar-refractivity contribution in [2.75, 3.05) is 0 Å². The number of aliphatic carboxylic acids is 1. The summed E-state index contributed by atoms with van der Waals surface area (Å²) in [5.74, 6) is -0.833. The summed E-state index contributed by atoms with van der Waals surface area (Å²) in [5, 5.41) is 16.0. The van der Waals surface area contributed by atoms with Gasteiger partial charge in [-0.15, -0.1) is 0 Å². The number of rotatable bonds is 1. The maximum Gasteiger partial charge on any atom is 0.300 e. The van der Waals surface area contributed by atoms with Gasteiger partial charge in [-0.05, 0) is 5.56 Å². The monoisotopic (exact) mass is 198 g/mol. The third-order valence-electron chi connectivity index (χ3n) is 1.03. The predicted molar refractivity (Wildman–Crippen MR) is 52.8 cm³/mol. The minimum Gasteiger partial charge on any atom is -0.481 e. The Morgan fingerprint density at radius 3 is 1.86 bits per heavy atom. The molecule has 1 aromatic carbocycles. The molecule has 0 atom stereocenters. The molecule has 0 spiro atoms. The van der Waals surface area contributed by atoms with Crippen molar-refractivity contribution in [1.29, 1.82) is 0 Å². The highest BCUT2D eigenvalue weighted by atomic mass is 16.4. The van der Waals surface area contributed by atoms with Gasteiger partial charge in [0.05, 0.1) is 6.61 Å². The molecule has 0 amide bonds. The van der Waals surface area contributed by atoms with Crippen LogP contribution in [0.1, 0.15) is 12.5 Å². The van der Waals surface area contributed by atoms with Gasteiger partial charge in [0.2, 0.25) is 0 Å². The standard InChI is InChI=1S/C7H8O.C2H4O2.CH2O/c8-6-7-4-2-1-3-5-7;1-2(3)4;1-2/h1-5,8H,6H2;1H3,(H,3,4);1H2. The van der Waals surface area contributed by atoms with Gasteiger partial charge in [0.15, 0.2) is 0 Å². The van der Waals surface area contributed by atoms with E-state index in [1.165, 1.54) is 0 Å². The Bertz CT molecular complexity index is 229. The summed E-state index contributed by atoms with van der Waals surface area (Å²) in [6.07, 6.45) is 0. The molecular formula is C10H14O4. The van der Waals surface area contributed by atoms with Crippen molar-refractivity contribution >= 4 is 12.8 Å². The average molecular weight is 198 g/mol. The quantitative estimate of drug-likeness (QED) is 0.708. The minimum absolute atomic E-state index is 0.140. The number of hydrogen-bond acceptors (Lipinski definition) is 3. The van der Waals surface area contributed by atoms with Gasteiger partial charge in [0, 0.05) is 6.92 Å². The van der Waals surface area contributed by atoms with Crippen molar-refractivity contribution in [3.63, 3.8) is 0 Å². The predicted octanol–water partition coefficient (Wildman–Crippen LogP) is 1.08. The normalized spacial score (nSPS) is 7.29. The molecule has 0 aliphatic carbocycles. The van der Waals surface area contributed by atoms with E-state index in [-0.39, 0.29) is 6.61 Å². The number of carbonyl (C=O) groups excluding carboxylic acids is 1. The van der Waals surface area contributed by atoms with E-state index in [4.69, 9.17) is 19.8 Å². The van der Waals surface area contributed by atoms with Crippen LogP contribution in [0.25, 0.3) is 0 Å². The smallest absolute Gasteiger partial charge is 0.300 e. The summed E-state index contributed by atoms with van der Waals surface area (Å²) < 4.78 is 0. The summed E-state index contributed by atoms with van der Waals surface area (Å²) in [5.41, 5.74) is 0.965. The van der Waals surface area contributed by atoms with Crippen LogP contribution in [-0.4, -0.2) is 23.0 Å². The zero-order chi connectivity index (χ0) is 11.4. The molecule has 0 bridgehead atoms. The third kappa shape index (κ3) is 12.9. The van der Waals surface area contributed by atoms with Gasteiger partial charge in [-0.2, -0.15) is 0 Å². The van der Waals surface area contributed by atoms with Gasteiger partial charge < -0.3 is 15.0 Å². The molecule has 2 N–H and O–H groups in total. The first kappa shape index (κ1) is 14.8. The fourth-order valence-electron chi connectivity index (χ4n) is 0.583. The van der Waals surface area contributed by atoms with E-state index in [0.29, 0.717) is 0 Å². The van der Waals surface area contributed by atoms with Crippen molar-refractivity contribution in [3.05, 3.63) is 35.9 Å². The number of carboxylic acids is 1. The molecule has 0 aliphatic heterocycles. The Labute approximate surface area is 82.8 Å². The summed E-state index contributed by atoms with van der Waals surface area (Å²) in [4.78, 5) is 17.0. The molecule has 0 saturated heterocycles. The van der Waals surface area contributed by atoms with Gasteiger partial charge in [-0.25, -0.2) is 0 Å². The number of aliphatic hydroxyl groups excluding tert-OH is 1. The lowest BCUT2D eigenvalue weighted by Gasteiger charge is -1.89. The first-order valence-corrected chi connectivity index (χ1v) is 3.80. The van der Waals surface area contributed by atoms with Crippen LogP contribution < -0.4 is 0 Å². The van der Waals surface area contributed by atoms with Crippen LogP contribution in [0.15, 0.2) is 30.3 Å². The van der Waals surface area contributed by atoms with Crippen LogP contribution in [-0.2, 0) is 16.2 Å². The number of aliphatic hydroxyl groups is 1. The van der Waals surface area contributed by atoms with Gasteiger partial charge in [-0.3, -0.25) is 4.79 Å². The van der Waals surface area contributed by atoms with Crippen molar-refractivity contribution in [2.45, 2.75) is 13.5 Å². The Kier molecular flexibility index (Phi) is 12.0. The number of benzene rings is 1. The molecule has 4 nitrogen and oxygen atoms in total. The highest BCUT2D eigenvalue weighted by molar-refractivity contribution is 5.62. The van der Waals surface area contributed by atoms with E-state index in [1.54, 1.807) is 0 Å².